The molecule has 2 heterocycles. The molecule has 2 fully saturated rings. The van der Waals surface area contributed by atoms with E-state index in [1.165, 1.54) is 0 Å². The number of rotatable bonds is 11. The third-order valence-electron chi connectivity index (χ3n) is 7.48. The normalized spacial score (nSPS) is 24.3. The van der Waals surface area contributed by atoms with E-state index in [2.05, 4.69) is 87.0 Å². The van der Waals surface area contributed by atoms with Crippen molar-refractivity contribution < 1.29 is 10.1 Å². The van der Waals surface area contributed by atoms with Crippen molar-refractivity contribution in [3.8, 4) is 5.75 Å². The summed E-state index contributed by atoms with van der Waals surface area (Å²) in [7, 11) is 0. The van der Waals surface area contributed by atoms with Crippen LogP contribution in [0.2, 0.25) is 0 Å². The first-order valence-corrected chi connectivity index (χ1v) is 14.0. The molecule has 206 valence electrons. The van der Waals surface area contributed by atoms with Gasteiger partial charge in [0.1, 0.15) is 12.2 Å². The molecular weight excluding hydrogens is 452 g/mol. The van der Waals surface area contributed by atoms with Crippen molar-refractivity contribution in [3.63, 3.8) is 0 Å². The molecule has 0 saturated carbocycles. The van der Waals surface area contributed by atoms with Crippen LogP contribution in [-0.4, -0.2) is 65.5 Å². The molecule has 3 rings (SSSR count). The summed E-state index contributed by atoms with van der Waals surface area (Å²) in [5.74, 6) is 0.0737. The molecule has 7 N–H and O–H groups in total. The Morgan fingerprint density at radius 2 is 1.22 bits per heavy atom. The fraction of sp³-hybridized carbons (Fsp3) is 0.857. The van der Waals surface area contributed by atoms with Gasteiger partial charge in [0.25, 0.3) is 10.8 Å². The highest BCUT2D eigenvalue weighted by Gasteiger charge is 2.38. The molecule has 1 aromatic carbocycles. The number of nitrogens with one attached hydrogen (secondary N) is 6. The van der Waals surface area contributed by atoms with Crippen LogP contribution in [0.1, 0.15) is 93.9 Å². The van der Waals surface area contributed by atoms with E-state index in [-0.39, 0.29) is 33.3 Å². The molecule has 0 bridgehead atoms. The van der Waals surface area contributed by atoms with E-state index in [1.54, 1.807) is 0 Å². The minimum absolute atomic E-state index is 0.0737. The van der Waals surface area contributed by atoms with Gasteiger partial charge in [-0.05, 0) is 94.0 Å². The molecule has 0 unspecified atom stereocenters. The van der Waals surface area contributed by atoms with Crippen molar-refractivity contribution in [2.45, 2.75) is 128 Å². The summed E-state index contributed by atoms with van der Waals surface area (Å²) in [6.07, 6.45) is 6.19. The highest BCUT2D eigenvalue weighted by Crippen LogP contribution is 2.29. The van der Waals surface area contributed by atoms with Crippen LogP contribution in [0.15, 0.2) is 4.79 Å². The molecule has 0 radical (unpaired) electrons. The molecule has 0 amide bonds. The molecule has 0 aromatic heterocycles. The summed E-state index contributed by atoms with van der Waals surface area (Å²) >= 11 is 0. The summed E-state index contributed by atoms with van der Waals surface area (Å²) in [5, 5.41) is 28.6. The van der Waals surface area contributed by atoms with Crippen molar-refractivity contribution in [1.29, 1.82) is 0 Å². The zero-order valence-electron chi connectivity index (χ0n) is 24.1. The molecule has 1 aromatic rings. The third-order valence-corrected chi connectivity index (χ3v) is 7.48. The van der Waals surface area contributed by atoms with E-state index in [1.807, 2.05) is 0 Å². The first-order chi connectivity index (χ1) is 16.6. The van der Waals surface area contributed by atoms with Gasteiger partial charge in [0.15, 0.2) is 0 Å². The zero-order valence-corrected chi connectivity index (χ0v) is 24.1. The first-order valence-electron chi connectivity index (χ1n) is 14.0. The minimum atomic E-state index is -0.114. The van der Waals surface area contributed by atoms with Crippen LogP contribution in [0.25, 0.3) is 0 Å². The summed E-state index contributed by atoms with van der Waals surface area (Å²) in [5.41, 5.74) is 0.745. The number of anilines is 1. The van der Waals surface area contributed by atoms with Crippen molar-refractivity contribution in [2.24, 2.45) is 0 Å². The molecule has 8 heteroatoms. The van der Waals surface area contributed by atoms with E-state index >= 15 is 0 Å². The Balaban J connectivity index is 1.34. The maximum Gasteiger partial charge on any atom is 0.293 e. The summed E-state index contributed by atoms with van der Waals surface area (Å²) in [6.45, 7) is 21.2. The number of aromatic hydroxyl groups is 1. The largest absolute Gasteiger partial charge is 0.501 e. The van der Waals surface area contributed by atoms with Crippen molar-refractivity contribution in [2.75, 3.05) is 31.5 Å². The number of hydrogen-bond donors (Lipinski definition) is 7. The lowest BCUT2D eigenvalue weighted by Crippen LogP contribution is -2.81. The molecular formula is C28H53N6O2+. The van der Waals surface area contributed by atoms with Crippen LogP contribution >= 0.6 is 0 Å². The Kier molecular flexibility index (Phi) is 8.96. The fourth-order valence-electron chi connectivity index (χ4n) is 6.88. The highest BCUT2D eigenvalue weighted by atomic mass is 16.3. The monoisotopic (exact) mass is 505 g/mol. The Morgan fingerprint density at radius 1 is 0.778 bits per heavy atom. The Morgan fingerprint density at radius 3 is 1.67 bits per heavy atom. The van der Waals surface area contributed by atoms with Crippen LogP contribution in [-0.2, 0) is 0 Å². The number of piperidine rings is 2. The van der Waals surface area contributed by atoms with Crippen molar-refractivity contribution in [3.05, 3.63) is 15.6 Å². The van der Waals surface area contributed by atoms with Gasteiger partial charge in [-0.15, -0.1) is 0 Å². The average molecular weight is 506 g/mol. The van der Waals surface area contributed by atoms with Crippen LogP contribution in [0, 0.1) is 0 Å². The standard InChI is InChI=1S/C28H52N6O2/c1-25(2)15-19(16-26(3,4)33-25)29-11-9-13-31-21-23(35)22(24(21)36)32-14-10-12-30-20-17-27(5,6)34-28(7,8)18-20/h19-20,29-31,33-35H,9-18H2,1-8H3/p+1. The van der Waals surface area contributed by atoms with E-state index in [4.69, 9.17) is 0 Å². The Hall–Kier alpha value is -1.48. The summed E-state index contributed by atoms with van der Waals surface area (Å²) < 4.78 is 0. The van der Waals surface area contributed by atoms with E-state index < -0.39 is 0 Å². The first kappa shape index (κ1) is 29.1. The molecule has 0 aliphatic carbocycles. The minimum Gasteiger partial charge on any atom is -0.501 e. The molecule has 0 atom stereocenters. The van der Waals surface area contributed by atoms with Gasteiger partial charge in [0.2, 0.25) is 5.75 Å². The second-order valence-electron chi connectivity index (χ2n) is 13.9. The fourth-order valence-corrected chi connectivity index (χ4v) is 6.88. The summed E-state index contributed by atoms with van der Waals surface area (Å²) in [4.78, 5) is 15.6. The van der Waals surface area contributed by atoms with Gasteiger partial charge in [-0.3, -0.25) is 4.79 Å². The molecule has 2 saturated heterocycles. The predicted molar refractivity (Wildman–Crippen MR) is 148 cm³/mol. The second-order valence-corrected chi connectivity index (χ2v) is 13.9. The van der Waals surface area contributed by atoms with Gasteiger partial charge in [-0.1, -0.05) is 0 Å². The van der Waals surface area contributed by atoms with E-state index in [0.717, 1.165) is 51.6 Å². The van der Waals surface area contributed by atoms with Gasteiger partial charge in [0, 0.05) is 53.7 Å². The zero-order chi connectivity index (χ0) is 26.8. The smallest absolute Gasteiger partial charge is 0.293 e. The van der Waals surface area contributed by atoms with E-state index in [0.29, 0.717) is 36.2 Å². The van der Waals surface area contributed by atoms with Gasteiger partial charge < -0.3 is 31.7 Å². The lowest BCUT2D eigenvalue weighted by atomic mass is 9.79. The van der Waals surface area contributed by atoms with Crippen LogP contribution < -0.4 is 42.4 Å². The topological polar surface area (TPSA) is 111 Å². The molecule has 36 heavy (non-hydrogen) atoms. The Labute approximate surface area is 218 Å². The van der Waals surface area contributed by atoms with E-state index in [9.17, 15) is 9.90 Å². The number of hydrogen-bond acceptors (Lipinski definition) is 7. The highest BCUT2D eigenvalue weighted by molar-refractivity contribution is 5.59. The maximum absolute atomic E-state index is 12.5. The van der Waals surface area contributed by atoms with Gasteiger partial charge in [-0.2, -0.15) is 0 Å². The Bertz CT molecular complexity index is 926. The van der Waals surface area contributed by atoms with Crippen LogP contribution in [0.5, 0.6) is 5.75 Å². The van der Waals surface area contributed by atoms with Gasteiger partial charge in [0.05, 0.1) is 0 Å². The second kappa shape index (κ2) is 11.1. The third kappa shape index (κ3) is 8.27. The van der Waals surface area contributed by atoms with Crippen molar-refractivity contribution in [1.82, 2.24) is 21.3 Å². The van der Waals surface area contributed by atoms with Crippen LogP contribution in [0.4, 0.5) is 5.69 Å². The van der Waals surface area contributed by atoms with Crippen LogP contribution in [0.3, 0.4) is 0 Å². The SMILES string of the molecule is CC1(C)CC(NCCCNc2c(O)c(=[NH+]CCCNC3CC(C)(C)NC(C)(C)C3)c2=O)CC(C)(C)N1. The van der Waals surface area contributed by atoms with Gasteiger partial charge in [-0.25, -0.2) is 4.99 Å². The maximum atomic E-state index is 12.5. The molecule has 2 aliphatic heterocycles. The predicted octanol–water partition coefficient (Wildman–Crippen LogP) is 0.599. The molecule has 2 aliphatic rings. The summed E-state index contributed by atoms with van der Waals surface area (Å²) in [6, 6.07) is 0.973. The molecule has 8 nitrogen and oxygen atoms in total. The van der Waals surface area contributed by atoms with Gasteiger partial charge >= 0.3 is 0 Å². The average Bonchev–Trinajstić information content (AvgIpc) is 2.68. The van der Waals surface area contributed by atoms with Crippen molar-refractivity contribution >= 4 is 5.69 Å². The lowest BCUT2D eigenvalue weighted by molar-refractivity contribution is -0.502. The lowest BCUT2D eigenvalue weighted by Gasteiger charge is -2.46. The molecule has 0 spiro atoms. The quantitative estimate of drug-likeness (QED) is 0.221.